The first-order valence-electron chi connectivity index (χ1n) is 8.44. The molecule has 3 aromatic rings. The molecule has 1 aliphatic rings. The average molecular weight is 376 g/mol. The molecule has 4 rings (SSSR count). The molecule has 0 atom stereocenters. The molecule has 0 unspecified atom stereocenters. The van der Waals surface area contributed by atoms with E-state index in [1.807, 2.05) is 36.4 Å². The minimum absolute atomic E-state index is 0.204. The number of nitrogens with zero attached hydrogens (tertiary/aromatic N) is 3. The maximum absolute atomic E-state index is 9.79. The predicted molar refractivity (Wildman–Crippen MR) is 103 cm³/mol. The minimum Gasteiger partial charge on any atom is -0.393 e. The third-order valence-electron chi connectivity index (χ3n) is 4.71. The van der Waals surface area contributed by atoms with Crippen LogP contribution in [0.4, 0.5) is 5.95 Å². The van der Waals surface area contributed by atoms with Crippen LogP contribution in [0.25, 0.3) is 11.0 Å². The molecule has 6 heteroatoms. The van der Waals surface area contributed by atoms with Gasteiger partial charge in [0.1, 0.15) is 0 Å². The van der Waals surface area contributed by atoms with Crippen molar-refractivity contribution in [2.75, 3.05) is 18.0 Å². The number of benzene rings is 2. The highest BCUT2D eigenvalue weighted by Gasteiger charge is 2.22. The van der Waals surface area contributed by atoms with Crippen molar-refractivity contribution < 1.29 is 5.11 Å². The number of hydrogen-bond donors (Lipinski definition) is 1. The van der Waals surface area contributed by atoms with E-state index in [9.17, 15) is 5.11 Å². The molecule has 0 bridgehead atoms. The van der Waals surface area contributed by atoms with Gasteiger partial charge in [-0.3, -0.25) is 0 Å². The van der Waals surface area contributed by atoms with Gasteiger partial charge in [0.2, 0.25) is 5.95 Å². The second kappa shape index (κ2) is 6.87. The van der Waals surface area contributed by atoms with Crippen LogP contribution >= 0.6 is 23.2 Å². The fourth-order valence-electron chi connectivity index (χ4n) is 3.35. The lowest BCUT2D eigenvalue weighted by Gasteiger charge is -2.31. The second-order valence-corrected chi connectivity index (χ2v) is 7.27. The van der Waals surface area contributed by atoms with Crippen molar-refractivity contribution >= 4 is 40.2 Å². The molecule has 1 fully saturated rings. The molecule has 0 saturated carbocycles. The van der Waals surface area contributed by atoms with E-state index in [4.69, 9.17) is 28.2 Å². The molecule has 0 aliphatic carbocycles. The predicted octanol–water partition coefficient (Wildman–Crippen LogP) is 4.35. The fourth-order valence-corrected chi connectivity index (χ4v) is 3.67. The number of fused-ring (bicyclic) bond motifs is 1. The molecule has 1 saturated heterocycles. The Labute approximate surface area is 156 Å². The third kappa shape index (κ3) is 3.34. The van der Waals surface area contributed by atoms with Crippen LogP contribution in [0.2, 0.25) is 10.0 Å². The Balaban J connectivity index is 1.75. The number of para-hydroxylation sites is 2. The standard InChI is InChI=1S/C19H19Cl2N3O/c20-15-6-5-13(11-16(15)21)12-24-18-4-2-1-3-17(18)22-19(24)23-9-7-14(25)8-10-23/h1-6,11,14,25H,7-10,12H2. The Kier molecular flexibility index (Phi) is 4.59. The highest BCUT2D eigenvalue weighted by molar-refractivity contribution is 6.42. The van der Waals surface area contributed by atoms with Crippen LogP contribution in [0.3, 0.4) is 0 Å². The van der Waals surface area contributed by atoms with E-state index in [1.54, 1.807) is 0 Å². The molecule has 0 amide bonds. The summed E-state index contributed by atoms with van der Waals surface area (Å²) in [6, 6.07) is 13.9. The molecular formula is C19H19Cl2N3O. The number of anilines is 1. The van der Waals surface area contributed by atoms with Crippen LogP contribution in [0, 0.1) is 0 Å². The number of halogens is 2. The Morgan fingerprint density at radius 1 is 1.04 bits per heavy atom. The van der Waals surface area contributed by atoms with E-state index in [-0.39, 0.29) is 6.10 Å². The zero-order valence-corrected chi connectivity index (χ0v) is 15.2. The third-order valence-corrected chi connectivity index (χ3v) is 5.45. The van der Waals surface area contributed by atoms with Crippen LogP contribution < -0.4 is 4.90 Å². The van der Waals surface area contributed by atoms with E-state index in [0.29, 0.717) is 16.6 Å². The van der Waals surface area contributed by atoms with Gasteiger partial charge in [-0.1, -0.05) is 41.4 Å². The fraction of sp³-hybridized carbons (Fsp3) is 0.316. The molecule has 0 spiro atoms. The normalized spacial score (nSPS) is 15.9. The molecule has 2 aromatic carbocycles. The number of imidazole rings is 1. The molecule has 25 heavy (non-hydrogen) atoms. The first-order valence-corrected chi connectivity index (χ1v) is 9.19. The van der Waals surface area contributed by atoms with Crippen molar-refractivity contribution in [2.24, 2.45) is 0 Å². The quantitative estimate of drug-likeness (QED) is 0.739. The molecule has 1 N–H and O–H groups in total. The monoisotopic (exact) mass is 375 g/mol. The van der Waals surface area contributed by atoms with Gasteiger partial charge in [-0.15, -0.1) is 0 Å². The summed E-state index contributed by atoms with van der Waals surface area (Å²) >= 11 is 12.2. The van der Waals surface area contributed by atoms with Crippen molar-refractivity contribution in [3.8, 4) is 0 Å². The lowest BCUT2D eigenvalue weighted by molar-refractivity contribution is 0.145. The Hall–Kier alpha value is -1.75. The largest absolute Gasteiger partial charge is 0.393 e. The van der Waals surface area contributed by atoms with Gasteiger partial charge in [0, 0.05) is 13.1 Å². The number of piperidine rings is 1. The van der Waals surface area contributed by atoms with E-state index >= 15 is 0 Å². The summed E-state index contributed by atoms with van der Waals surface area (Å²) < 4.78 is 2.21. The summed E-state index contributed by atoms with van der Waals surface area (Å²) in [4.78, 5) is 7.10. The van der Waals surface area contributed by atoms with Crippen molar-refractivity contribution in [1.29, 1.82) is 0 Å². The van der Waals surface area contributed by atoms with Gasteiger partial charge in [0.05, 0.1) is 33.7 Å². The van der Waals surface area contributed by atoms with Crippen LogP contribution in [0.15, 0.2) is 42.5 Å². The lowest BCUT2D eigenvalue weighted by Crippen LogP contribution is -2.37. The SMILES string of the molecule is OC1CCN(c2nc3ccccc3n2Cc2ccc(Cl)c(Cl)c2)CC1. The smallest absolute Gasteiger partial charge is 0.206 e. The van der Waals surface area contributed by atoms with Gasteiger partial charge in [0.15, 0.2) is 0 Å². The first-order chi connectivity index (χ1) is 12.1. The number of hydrogen-bond acceptors (Lipinski definition) is 3. The minimum atomic E-state index is -0.204. The summed E-state index contributed by atoms with van der Waals surface area (Å²) in [7, 11) is 0. The molecule has 0 radical (unpaired) electrons. The molecule has 4 nitrogen and oxygen atoms in total. The van der Waals surface area contributed by atoms with Gasteiger partial charge in [-0.25, -0.2) is 4.98 Å². The van der Waals surface area contributed by atoms with E-state index in [0.717, 1.165) is 48.5 Å². The van der Waals surface area contributed by atoms with Gasteiger partial charge in [0.25, 0.3) is 0 Å². The summed E-state index contributed by atoms with van der Waals surface area (Å²) in [5.74, 6) is 0.944. The highest BCUT2D eigenvalue weighted by Crippen LogP contribution is 2.28. The van der Waals surface area contributed by atoms with Gasteiger partial charge < -0.3 is 14.6 Å². The van der Waals surface area contributed by atoms with Gasteiger partial charge in [-0.2, -0.15) is 0 Å². The van der Waals surface area contributed by atoms with E-state index < -0.39 is 0 Å². The van der Waals surface area contributed by atoms with Crippen LogP contribution in [-0.4, -0.2) is 33.9 Å². The first kappa shape index (κ1) is 16.7. The Morgan fingerprint density at radius 3 is 2.56 bits per heavy atom. The maximum atomic E-state index is 9.79. The number of aliphatic hydroxyl groups is 1. The van der Waals surface area contributed by atoms with Crippen molar-refractivity contribution in [3.05, 3.63) is 58.1 Å². The van der Waals surface area contributed by atoms with E-state index in [1.165, 1.54) is 0 Å². The summed E-state index contributed by atoms with van der Waals surface area (Å²) in [5, 5.41) is 10.9. The number of aliphatic hydroxyl groups excluding tert-OH is 1. The van der Waals surface area contributed by atoms with E-state index in [2.05, 4.69) is 15.5 Å². The summed E-state index contributed by atoms with van der Waals surface area (Å²) in [6.45, 7) is 2.30. The molecule has 130 valence electrons. The highest BCUT2D eigenvalue weighted by atomic mass is 35.5. The molecule has 1 aromatic heterocycles. The summed E-state index contributed by atoms with van der Waals surface area (Å²) in [5.41, 5.74) is 3.15. The van der Waals surface area contributed by atoms with Gasteiger partial charge >= 0.3 is 0 Å². The van der Waals surface area contributed by atoms with Crippen LogP contribution in [0.5, 0.6) is 0 Å². The average Bonchev–Trinajstić information content (AvgIpc) is 2.97. The lowest BCUT2D eigenvalue weighted by atomic mass is 10.1. The van der Waals surface area contributed by atoms with Crippen molar-refractivity contribution in [2.45, 2.75) is 25.5 Å². The number of rotatable bonds is 3. The van der Waals surface area contributed by atoms with Gasteiger partial charge in [-0.05, 0) is 42.7 Å². The topological polar surface area (TPSA) is 41.3 Å². The van der Waals surface area contributed by atoms with Crippen LogP contribution in [0.1, 0.15) is 18.4 Å². The zero-order valence-electron chi connectivity index (χ0n) is 13.7. The van der Waals surface area contributed by atoms with Crippen LogP contribution in [-0.2, 0) is 6.54 Å². The number of aromatic nitrogens is 2. The molecular weight excluding hydrogens is 357 g/mol. The Bertz CT molecular complexity index is 901. The second-order valence-electron chi connectivity index (χ2n) is 6.45. The zero-order chi connectivity index (χ0) is 17.4. The maximum Gasteiger partial charge on any atom is 0.206 e. The summed E-state index contributed by atoms with van der Waals surface area (Å²) in [6.07, 6.45) is 1.34. The van der Waals surface area contributed by atoms with Crippen molar-refractivity contribution in [1.82, 2.24) is 9.55 Å². The van der Waals surface area contributed by atoms with Crippen molar-refractivity contribution in [3.63, 3.8) is 0 Å². The Morgan fingerprint density at radius 2 is 1.80 bits per heavy atom. The molecule has 1 aliphatic heterocycles. The molecule has 2 heterocycles.